The third-order valence-electron chi connectivity index (χ3n) is 4.67. The number of nitrogens with one attached hydrogen (secondary N) is 2. The molecule has 1 aromatic heterocycles. The summed E-state index contributed by atoms with van der Waals surface area (Å²) in [5.41, 5.74) is 2.72. The summed E-state index contributed by atoms with van der Waals surface area (Å²) in [6.07, 6.45) is 0. The van der Waals surface area contributed by atoms with Gasteiger partial charge in [-0.3, -0.25) is 19.7 Å². The monoisotopic (exact) mass is 454 g/mol. The Hall–Kier alpha value is -3.73. The Labute approximate surface area is 188 Å². The molecule has 10 nitrogen and oxygen atoms in total. The van der Waals surface area contributed by atoms with Gasteiger partial charge in [-0.25, -0.2) is 0 Å². The standard InChI is InChI=1S/C21H22N6O4S/c1-13-4-6-15(7-5-13)20(29)22-11-18-24-25-21(26(18)3)32-12-19(28)23-17-9-8-16(27(30)31)10-14(17)2/h4-10H,11-12H2,1-3H3,(H,22,29)(H,23,28). The number of rotatable bonds is 8. The normalized spacial score (nSPS) is 10.6. The Bertz CT molecular complexity index is 1160. The van der Waals surface area contributed by atoms with E-state index in [-0.39, 0.29) is 29.8 Å². The Balaban J connectivity index is 1.53. The molecule has 0 saturated heterocycles. The van der Waals surface area contributed by atoms with Crippen LogP contribution in [0.3, 0.4) is 0 Å². The molecule has 0 spiro atoms. The summed E-state index contributed by atoms with van der Waals surface area (Å²) >= 11 is 1.20. The number of aromatic nitrogens is 3. The molecule has 2 N–H and O–H groups in total. The van der Waals surface area contributed by atoms with Crippen LogP contribution in [0.1, 0.15) is 27.3 Å². The summed E-state index contributed by atoms with van der Waals surface area (Å²) < 4.78 is 1.71. The summed E-state index contributed by atoms with van der Waals surface area (Å²) in [7, 11) is 1.76. The van der Waals surface area contributed by atoms with Crippen molar-refractivity contribution in [3.8, 4) is 0 Å². The molecule has 0 atom stereocenters. The highest BCUT2D eigenvalue weighted by Gasteiger charge is 2.14. The first kappa shape index (κ1) is 22.9. The first-order chi connectivity index (χ1) is 15.2. The molecule has 32 heavy (non-hydrogen) atoms. The number of carbonyl (C=O) groups excluding carboxylic acids is 2. The molecule has 3 aromatic rings. The zero-order chi connectivity index (χ0) is 23.3. The number of amides is 2. The van der Waals surface area contributed by atoms with E-state index in [0.717, 1.165) is 5.56 Å². The predicted octanol–water partition coefficient (Wildman–Crippen LogP) is 3.00. The second-order valence-corrected chi connectivity index (χ2v) is 8.04. The van der Waals surface area contributed by atoms with Gasteiger partial charge in [0, 0.05) is 30.4 Å². The zero-order valence-electron chi connectivity index (χ0n) is 17.8. The molecule has 0 unspecified atom stereocenters. The van der Waals surface area contributed by atoms with Crippen LogP contribution in [0, 0.1) is 24.0 Å². The Kier molecular flexibility index (Phi) is 7.21. The van der Waals surface area contributed by atoms with Crippen molar-refractivity contribution in [2.45, 2.75) is 25.5 Å². The van der Waals surface area contributed by atoms with Gasteiger partial charge in [0.25, 0.3) is 11.6 Å². The molecule has 1 heterocycles. The summed E-state index contributed by atoms with van der Waals surface area (Å²) in [4.78, 5) is 34.9. The van der Waals surface area contributed by atoms with Crippen molar-refractivity contribution in [3.63, 3.8) is 0 Å². The van der Waals surface area contributed by atoms with Gasteiger partial charge >= 0.3 is 0 Å². The van der Waals surface area contributed by atoms with E-state index in [4.69, 9.17) is 0 Å². The molecular weight excluding hydrogens is 432 g/mol. The van der Waals surface area contributed by atoms with Crippen molar-refractivity contribution >= 4 is 35.0 Å². The van der Waals surface area contributed by atoms with E-state index in [1.54, 1.807) is 30.7 Å². The van der Waals surface area contributed by atoms with Gasteiger partial charge in [0.2, 0.25) is 5.91 Å². The number of thioether (sulfide) groups is 1. The van der Waals surface area contributed by atoms with E-state index in [0.29, 0.717) is 27.8 Å². The van der Waals surface area contributed by atoms with Crippen LogP contribution >= 0.6 is 11.8 Å². The number of carbonyl (C=O) groups is 2. The number of hydrogen-bond donors (Lipinski definition) is 2. The number of nitro benzene ring substituents is 1. The number of hydrogen-bond acceptors (Lipinski definition) is 7. The van der Waals surface area contributed by atoms with Crippen molar-refractivity contribution in [2.24, 2.45) is 7.05 Å². The van der Waals surface area contributed by atoms with Crippen molar-refractivity contribution in [2.75, 3.05) is 11.1 Å². The van der Waals surface area contributed by atoms with E-state index >= 15 is 0 Å². The third-order valence-corrected chi connectivity index (χ3v) is 5.69. The fraction of sp³-hybridized carbons (Fsp3) is 0.238. The van der Waals surface area contributed by atoms with E-state index in [1.807, 2.05) is 19.1 Å². The highest BCUT2D eigenvalue weighted by molar-refractivity contribution is 7.99. The summed E-state index contributed by atoms with van der Waals surface area (Å²) in [6, 6.07) is 11.5. The average Bonchev–Trinajstić information content (AvgIpc) is 3.11. The first-order valence-corrected chi connectivity index (χ1v) is 10.6. The van der Waals surface area contributed by atoms with Crippen LogP contribution in [0.2, 0.25) is 0 Å². The molecule has 0 bridgehead atoms. The van der Waals surface area contributed by atoms with Crippen LogP contribution < -0.4 is 10.6 Å². The highest BCUT2D eigenvalue weighted by Crippen LogP contribution is 2.22. The Morgan fingerprint density at radius 2 is 1.84 bits per heavy atom. The largest absolute Gasteiger partial charge is 0.345 e. The second kappa shape index (κ2) is 10.1. The van der Waals surface area contributed by atoms with Gasteiger partial charge in [-0.15, -0.1) is 10.2 Å². The lowest BCUT2D eigenvalue weighted by atomic mass is 10.1. The maximum absolute atomic E-state index is 12.3. The Morgan fingerprint density at radius 3 is 2.50 bits per heavy atom. The van der Waals surface area contributed by atoms with Gasteiger partial charge < -0.3 is 15.2 Å². The number of non-ortho nitro benzene ring substituents is 1. The van der Waals surface area contributed by atoms with Crippen LogP contribution in [0.15, 0.2) is 47.6 Å². The molecule has 2 amide bonds. The first-order valence-electron chi connectivity index (χ1n) is 9.65. The molecule has 0 saturated carbocycles. The van der Waals surface area contributed by atoms with Gasteiger partial charge in [0.15, 0.2) is 11.0 Å². The number of aryl methyl sites for hydroxylation is 2. The van der Waals surface area contributed by atoms with E-state index < -0.39 is 4.92 Å². The minimum absolute atomic E-state index is 0.0315. The lowest BCUT2D eigenvalue weighted by molar-refractivity contribution is -0.384. The topological polar surface area (TPSA) is 132 Å². The lowest BCUT2D eigenvalue weighted by Gasteiger charge is -2.08. The van der Waals surface area contributed by atoms with Gasteiger partial charge in [0.1, 0.15) is 0 Å². The third kappa shape index (κ3) is 5.70. The fourth-order valence-corrected chi connectivity index (χ4v) is 3.54. The number of anilines is 1. The fourth-order valence-electron chi connectivity index (χ4n) is 2.81. The maximum atomic E-state index is 12.3. The number of nitrogens with zero attached hydrogens (tertiary/aromatic N) is 4. The van der Waals surface area contributed by atoms with Crippen molar-refractivity contribution < 1.29 is 14.5 Å². The molecule has 0 radical (unpaired) electrons. The molecular formula is C21H22N6O4S. The molecule has 0 aliphatic carbocycles. The molecule has 0 aliphatic heterocycles. The molecule has 166 valence electrons. The van der Waals surface area contributed by atoms with E-state index in [1.165, 1.54) is 30.0 Å². The molecule has 3 rings (SSSR count). The van der Waals surface area contributed by atoms with Crippen LogP contribution in [0.5, 0.6) is 0 Å². The smallest absolute Gasteiger partial charge is 0.269 e. The van der Waals surface area contributed by atoms with Gasteiger partial charge in [-0.2, -0.15) is 0 Å². The minimum Gasteiger partial charge on any atom is -0.345 e. The molecule has 0 fully saturated rings. The summed E-state index contributed by atoms with van der Waals surface area (Å²) in [5, 5.41) is 25.1. The van der Waals surface area contributed by atoms with Crippen LogP contribution in [-0.4, -0.2) is 37.3 Å². The van der Waals surface area contributed by atoms with Crippen molar-refractivity contribution in [1.29, 1.82) is 0 Å². The second-order valence-electron chi connectivity index (χ2n) is 7.10. The van der Waals surface area contributed by atoms with Crippen molar-refractivity contribution in [3.05, 3.63) is 75.1 Å². The van der Waals surface area contributed by atoms with Crippen LogP contribution in [0.4, 0.5) is 11.4 Å². The molecule has 2 aromatic carbocycles. The van der Waals surface area contributed by atoms with Gasteiger partial charge in [-0.05, 0) is 37.6 Å². The quantitative estimate of drug-likeness (QED) is 0.304. The zero-order valence-corrected chi connectivity index (χ0v) is 18.6. The lowest BCUT2D eigenvalue weighted by Crippen LogP contribution is -2.24. The maximum Gasteiger partial charge on any atom is 0.269 e. The average molecular weight is 455 g/mol. The van der Waals surface area contributed by atoms with Crippen LogP contribution in [-0.2, 0) is 18.4 Å². The predicted molar refractivity (Wildman–Crippen MR) is 121 cm³/mol. The van der Waals surface area contributed by atoms with Gasteiger partial charge in [-0.1, -0.05) is 29.5 Å². The van der Waals surface area contributed by atoms with E-state index in [2.05, 4.69) is 20.8 Å². The SMILES string of the molecule is Cc1ccc(C(=O)NCc2nnc(SCC(=O)Nc3ccc([N+](=O)[O-])cc3C)n2C)cc1. The Morgan fingerprint density at radius 1 is 1.12 bits per heavy atom. The summed E-state index contributed by atoms with van der Waals surface area (Å²) in [6.45, 7) is 3.84. The molecule has 0 aliphatic rings. The number of nitro groups is 1. The number of benzene rings is 2. The van der Waals surface area contributed by atoms with Crippen molar-refractivity contribution in [1.82, 2.24) is 20.1 Å². The molecule has 11 heteroatoms. The minimum atomic E-state index is -0.483. The van der Waals surface area contributed by atoms with E-state index in [9.17, 15) is 19.7 Å². The van der Waals surface area contributed by atoms with Crippen LogP contribution in [0.25, 0.3) is 0 Å². The highest BCUT2D eigenvalue weighted by atomic mass is 32.2. The summed E-state index contributed by atoms with van der Waals surface area (Å²) in [5.74, 6) is 0.154. The van der Waals surface area contributed by atoms with Gasteiger partial charge in [0.05, 0.1) is 17.2 Å².